The highest BCUT2D eigenvalue weighted by Crippen LogP contribution is 2.54. The number of carbonyl (C=O) groups excluding carboxylic acids is 1. The second-order valence-electron chi connectivity index (χ2n) is 5.36. The molecule has 0 aromatic heterocycles. The van der Waals surface area contributed by atoms with Crippen LogP contribution in [-0.4, -0.2) is 5.78 Å². The fourth-order valence-corrected chi connectivity index (χ4v) is 2.70. The van der Waals surface area contributed by atoms with Crippen LogP contribution in [-0.2, 0) is 0 Å². The van der Waals surface area contributed by atoms with E-state index in [9.17, 15) is 4.79 Å². The lowest BCUT2D eigenvalue weighted by molar-refractivity contribution is 0.101. The number of hydrogen-bond donors (Lipinski definition) is 0. The zero-order valence-electron chi connectivity index (χ0n) is 11.3. The van der Waals surface area contributed by atoms with Crippen molar-refractivity contribution < 1.29 is 4.79 Å². The zero-order chi connectivity index (χ0) is 14.1. The van der Waals surface area contributed by atoms with E-state index in [2.05, 4.69) is 18.2 Å². The minimum Gasteiger partial charge on any atom is -0.295 e. The molecule has 1 aliphatic rings. The topological polar surface area (TPSA) is 40.9 Å². The smallest absolute Gasteiger partial charge is 0.159 e. The van der Waals surface area contributed by atoms with Crippen LogP contribution in [0.15, 0.2) is 48.5 Å². The third-order valence-corrected chi connectivity index (χ3v) is 4.00. The Bertz CT molecular complexity index is 677. The highest BCUT2D eigenvalue weighted by Gasteiger charge is 2.39. The van der Waals surface area contributed by atoms with Crippen molar-refractivity contribution in [3.63, 3.8) is 0 Å². The minimum absolute atomic E-state index is 0.107. The van der Waals surface area contributed by atoms with Crippen molar-refractivity contribution in [2.75, 3.05) is 0 Å². The van der Waals surface area contributed by atoms with Gasteiger partial charge in [0.1, 0.15) is 0 Å². The second-order valence-corrected chi connectivity index (χ2v) is 5.36. The number of benzene rings is 2. The highest BCUT2D eigenvalue weighted by atomic mass is 16.1. The fraction of sp³-hybridized carbons (Fsp3) is 0.222. The predicted octanol–water partition coefficient (Wildman–Crippen LogP) is 4.03. The van der Waals surface area contributed by atoms with Gasteiger partial charge in [0.05, 0.1) is 11.6 Å². The summed E-state index contributed by atoms with van der Waals surface area (Å²) in [5.41, 5.74) is 4.06. The van der Waals surface area contributed by atoms with Crippen LogP contribution in [0.4, 0.5) is 0 Å². The summed E-state index contributed by atoms with van der Waals surface area (Å²) in [6.45, 7) is 1.59. The van der Waals surface area contributed by atoms with Gasteiger partial charge in [-0.2, -0.15) is 5.26 Å². The summed E-state index contributed by atoms with van der Waals surface area (Å²) >= 11 is 0. The van der Waals surface area contributed by atoms with E-state index >= 15 is 0 Å². The molecule has 0 heterocycles. The fourth-order valence-electron chi connectivity index (χ4n) is 2.70. The van der Waals surface area contributed by atoms with Crippen LogP contribution >= 0.6 is 0 Å². The van der Waals surface area contributed by atoms with E-state index in [-0.39, 0.29) is 5.78 Å². The molecule has 0 spiro atoms. The standard InChI is InChI=1S/C18H15NO/c1-12(20)14-6-8-16(9-7-14)18-10-17(18)15-4-2-13(11-19)3-5-15/h2-9,17-18H,10H2,1H3/t17-,18-/m1/s1. The molecule has 98 valence electrons. The molecule has 0 radical (unpaired) electrons. The van der Waals surface area contributed by atoms with Crippen molar-refractivity contribution in [2.24, 2.45) is 0 Å². The van der Waals surface area contributed by atoms with E-state index in [4.69, 9.17) is 5.26 Å². The van der Waals surface area contributed by atoms with E-state index in [1.165, 1.54) is 11.1 Å². The molecule has 2 atom stereocenters. The van der Waals surface area contributed by atoms with Gasteiger partial charge in [-0.3, -0.25) is 4.79 Å². The van der Waals surface area contributed by atoms with E-state index in [0.29, 0.717) is 17.4 Å². The molecule has 3 rings (SSSR count). The van der Waals surface area contributed by atoms with Gasteiger partial charge in [0.25, 0.3) is 0 Å². The Morgan fingerprint density at radius 3 is 1.95 bits per heavy atom. The van der Waals surface area contributed by atoms with Gasteiger partial charge in [-0.05, 0) is 48.4 Å². The molecule has 2 heteroatoms. The van der Waals surface area contributed by atoms with Crippen LogP contribution in [0.25, 0.3) is 0 Å². The van der Waals surface area contributed by atoms with Crippen molar-refractivity contribution in [3.8, 4) is 6.07 Å². The molecule has 20 heavy (non-hydrogen) atoms. The number of nitrogens with zero attached hydrogens (tertiary/aromatic N) is 1. The van der Waals surface area contributed by atoms with Crippen LogP contribution in [0, 0.1) is 11.3 Å². The predicted molar refractivity (Wildman–Crippen MR) is 77.7 cm³/mol. The molecule has 0 aliphatic heterocycles. The summed E-state index contributed by atoms with van der Waals surface area (Å²) in [6, 6.07) is 17.9. The highest BCUT2D eigenvalue weighted by molar-refractivity contribution is 5.94. The van der Waals surface area contributed by atoms with Gasteiger partial charge in [0.15, 0.2) is 5.78 Å². The second kappa shape index (κ2) is 4.94. The average molecular weight is 261 g/mol. The normalized spacial score (nSPS) is 20.2. The first-order valence-corrected chi connectivity index (χ1v) is 6.80. The maximum absolute atomic E-state index is 11.3. The van der Waals surface area contributed by atoms with E-state index < -0.39 is 0 Å². The Hall–Kier alpha value is -2.40. The summed E-state index contributed by atoms with van der Waals surface area (Å²) in [6.07, 6.45) is 1.14. The Kier molecular flexibility index (Phi) is 3.12. The number of rotatable bonds is 3. The maximum atomic E-state index is 11.3. The molecule has 0 N–H and O–H groups in total. The van der Waals surface area contributed by atoms with Crippen LogP contribution in [0.5, 0.6) is 0 Å². The number of carbonyl (C=O) groups is 1. The molecule has 2 aromatic carbocycles. The summed E-state index contributed by atoms with van der Waals surface area (Å²) < 4.78 is 0. The largest absolute Gasteiger partial charge is 0.295 e. The Morgan fingerprint density at radius 1 is 1.00 bits per heavy atom. The summed E-state index contributed by atoms with van der Waals surface area (Å²) in [5.74, 6) is 1.20. The Morgan fingerprint density at radius 2 is 1.50 bits per heavy atom. The van der Waals surface area contributed by atoms with Crippen LogP contribution in [0.3, 0.4) is 0 Å². The molecule has 1 aliphatic carbocycles. The van der Waals surface area contributed by atoms with Crippen molar-refractivity contribution in [1.82, 2.24) is 0 Å². The van der Waals surface area contributed by atoms with Crippen molar-refractivity contribution in [2.45, 2.75) is 25.2 Å². The van der Waals surface area contributed by atoms with Crippen molar-refractivity contribution in [1.29, 1.82) is 5.26 Å². The molecule has 2 aromatic rings. The average Bonchev–Trinajstić information content (AvgIpc) is 3.28. The van der Waals surface area contributed by atoms with Gasteiger partial charge in [0, 0.05) is 5.56 Å². The monoisotopic (exact) mass is 261 g/mol. The molecular weight excluding hydrogens is 246 g/mol. The number of ketones is 1. The van der Waals surface area contributed by atoms with Gasteiger partial charge < -0.3 is 0 Å². The Labute approximate surface area is 118 Å². The van der Waals surface area contributed by atoms with Crippen LogP contribution < -0.4 is 0 Å². The maximum Gasteiger partial charge on any atom is 0.159 e. The number of Topliss-reactive ketones (excluding diaryl/α,β-unsaturated/α-hetero) is 1. The lowest BCUT2D eigenvalue weighted by Gasteiger charge is -2.03. The van der Waals surface area contributed by atoms with E-state index in [0.717, 1.165) is 12.0 Å². The SMILES string of the molecule is CC(=O)c1ccc([C@H]2C[C@@H]2c2ccc(C#N)cc2)cc1. The first-order chi connectivity index (χ1) is 9.69. The van der Waals surface area contributed by atoms with Gasteiger partial charge >= 0.3 is 0 Å². The number of nitriles is 1. The van der Waals surface area contributed by atoms with Gasteiger partial charge in [-0.15, -0.1) is 0 Å². The minimum atomic E-state index is 0.107. The molecule has 1 saturated carbocycles. The summed E-state index contributed by atoms with van der Waals surface area (Å²) in [7, 11) is 0. The summed E-state index contributed by atoms with van der Waals surface area (Å²) in [4.78, 5) is 11.3. The van der Waals surface area contributed by atoms with Gasteiger partial charge in [-0.1, -0.05) is 36.4 Å². The molecule has 1 fully saturated rings. The lowest BCUT2D eigenvalue weighted by atomic mass is 10.0. The van der Waals surface area contributed by atoms with Crippen molar-refractivity contribution in [3.05, 3.63) is 70.8 Å². The van der Waals surface area contributed by atoms with E-state index in [1.807, 2.05) is 36.4 Å². The van der Waals surface area contributed by atoms with Crippen LogP contribution in [0.1, 0.15) is 52.2 Å². The first kappa shape index (κ1) is 12.6. The molecule has 0 amide bonds. The zero-order valence-corrected chi connectivity index (χ0v) is 11.3. The molecule has 0 unspecified atom stereocenters. The van der Waals surface area contributed by atoms with Crippen molar-refractivity contribution >= 4 is 5.78 Å². The number of hydrogen-bond acceptors (Lipinski definition) is 2. The summed E-state index contributed by atoms with van der Waals surface area (Å²) in [5, 5.41) is 8.81. The quantitative estimate of drug-likeness (QED) is 0.782. The van der Waals surface area contributed by atoms with Gasteiger partial charge in [-0.25, -0.2) is 0 Å². The molecule has 2 nitrogen and oxygen atoms in total. The lowest BCUT2D eigenvalue weighted by Crippen LogP contribution is -1.92. The van der Waals surface area contributed by atoms with Crippen LogP contribution in [0.2, 0.25) is 0 Å². The third kappa shape index (κ3) is 2.35. The Balaban J connectivity index is 1.75. The molecule has 0 saturated heterocycles. The third-order valence-electron chi connectivity index (χ3n) is 4.00. The first-order valence-electron chi connectivity index (χ1n) is 6.80. The molecule has 0 bridgehead atoms. The molecular formula is C18H15NO. The van der Waals surface area contributed by atoms with E-state index in [1.54, 1.807) is 6.92 Å². The van der Waals surface area contributed by atoms with Gasteiger partial charge in [0.2, 0.25) is 0 Å².